The number of hydrogen-bond donors (Lipinski definition) is 3. The summed E-state index contributed by atoms with van der Waals surface area (Å²) in [7, 11) is 9.33. The topological polar surface area (TPSA) is 228 Å². The first kappa shape index (κ1) is 71.3. The molecule has 6 atom stereocenters. The molecule has 0 aromatic heterocycles. The van der Waals surface area contributed by atoms with Crippen LogP contribution in [0.25, 0.3) is 0 Å². The Hall–Kier alpha value is -8.52. The summed E-state index contributed by atoms with van der Waals surface area (Å²) in [5, 5.41) is 30.3. The van der Waals surface area contributed by atoms with E-state index in [9.17, 15) is 34.5 Å². The summed E-state index contributed by atoms with van der Waals surface area (Å²) in [5.74, 6) is 1.69. The highest BCUT2D eigenvalue weighted by Crippen LogP contribution is 2.41. The van der Waals surface area contributed by atoms with E-state index in [2.05, 4.69) is 0 Å². The number of hydrogen-bond acceptors (Lipinski definition) is 17. The number of aliphatic hydroxyl groups is 3. The number of ether oxygens (including phenoxy) is 10. The van der Waals surface area contributed by atoms with Crippen LogP contribution in [0, 0.1) is 6.92 Å². The molecular formula is C75H94N2O17. The van der Waals surface area contributed by atoms with Crippen molar-refractivity contribution in [1.82, 2.24) is 9.80 Å². The third-order valence-electron chi connectivity index (χ3n) is 18.0. The van der Waals surface area contributed by atoms with Gasteiger partial charge in [0.2, 0.25) is 11.8 Å². The van der Waals surface area contributed by atoms with Crippen molar-refractivity contribution in [3.05, 3.63) is 165 Å². The minimum absolute atomic E-state index is 0.141. The van der Waals surface area contributed by atoms with E-state index in [1.54, 1.807) is 56.4 Å². The van der Waals surface area contributed by atoms with Gasteiger partial charge >= 0.3 is 11.9 Å². The number of piperidine rings is 2. The number of esters is 2. The molecule has 94 heavy (non-hydrogen) atoms. The van der Waals surface area contributed by atoms with Crippen molar-refractivity contribution < 1.29 is 81.9 Å². The molecule has 506 valence electrons. The van der Waals surface area contributed by atoms with Crippen molar-refractivity contribution in [3.63, 3.8) is 0 Å². The van der Waals surface area contributed by atoms with Crippen LogP contribution in [0.4, 0.5) is 0 Å². The molecule has 2 aliphatic rings. The van der Waals surface area contributed by atoms with Crippen LogP contribution in [0.1, 0.15) is 164 Å². The number of carbonyl (C=O) groups excluding carboxylic acids is 4. The summed E-state index contributed by atoms with van der Waals surface area (Å²) in [6, 6.07) is 31.9. The van der Waals surface area contributed by atoms with Gasteiger partial charge in [-0.25, -0.2) is 9.59 Å². The Morgan fingerprint density at radius 3 is 1.44 bits per heavy atom. The Bertz CT molecular complexity index is 3470. The first-order valence-electron chi connectivity index (χ1n) is 32.8. The second-order valence-corrected chi connectivity index (χ2v) is 23.9. The molecule has 19 nitrogen and oxygen atoms in total. The second kappa shape index (κ2) is 35.1. The zero-order chi connectivity index (χ0) is 67.3. The van der Waals surface area contributed by atoms with E-state index in [1.165, 1.54) is 14.2 Å². The van der Waals surface area contributed by atoms with Gasteiger partial charge in [-0.15, -0.1) is 0 Å². The van der Waals surface area contributed by atoms with Crippen LogP contribution < -0.4 is 37.9 Å². The molecule has 6 aromatic carbocycles. The number of carbonyl (C=O) groups is 4. The van der Waals surface area contributed by atoms with Crippen molar-refractivity contribution >= 4 is 23.8 Å². The molecule has 2 saturated heterocycles. The Morgan fingerprint density at radius 1 is 0.479 bits per heavy atom. The Kier molecular flexibility index (Phi) is 26.6. The number of nitrogens with zero attached hydrogens (tertiary/aromatic N) is 2. The first-order valence-corrected chi connectivity index (χ1v) is 32.8. The van der Waals surface area contributed by atoms with Gasteiger partial charge in [-0.05, 0) is 189 Å². The lowest BCUT2D eigenvalue weighted by atomic mass is 9.90. The smallest absolute Gasteiger partial charge is 0.329 e. The molecule has 2 heterocycles. The Labute approximate surface area is 553 Å². The van der Waals surface area contributed by atoms with Gasteiger partial charge in [0.05, 0.1) is 87.5 Å². The van der Waals surface area contributed by atoms with Gasteiger partial charge < -0.3 is 72.5 Å². The van der Waals surface area contributed by atoms with Gasteiger partial charge in [0, 0.05) is 25.1 Å². The molecule has 2 fully saturated rings. The van der Waals surface area contributed by atoms with E-state index >= 15 is 0 Å². The number of benzene rings is 6. The second-order valence-electron chi connectivity index (χ2n) is 23.9. The van der Waals surface area contributed by atoms with Crippen molar-refractivity contribution in [2.24, 2.45) is 0 Å². The minimum Gasteiger partial charge on any atom is -0.493 e. The molecule has 3 N–H and O–H groups in total. The maximum atomic E-state index is 14.7. The monoisotopic (exact) mass is 1290 g/mol. The van der Waals surface area contributed by atoms with Crippen LogP contribution in [-0.2, 0) is 61.3 Å². The zero-order valence-electron chi connectivity index (χ0n) is 56.0. The molecule has 2 amide bonds. The number of methoxy groups -OCH3 is 6. The molecule has 0 spiro atoms. The normalized spacial score (nSPS) is 16.0. The van der Waals surface area contributed by atoms with Crippen molar-refractivity contribution in [2.75, 3.05) is 69.0 Å². The summed E-state index contributed by atoms with van der Waals surface area (Å²) in [5.41, 5.74) is 7.24. The number of rotatable bonds is 33. The Morgan fingerprint density at radius 2 is 0.957 bits per heavy atom. The van der Waals surface area contributed by atoms with E-state index in [4.69, 9.17) is 47.4 Å². The van der Waals surface area contributed by atoms with Gasteiger partial charge in [-0.2, -0.15) is 0 Å². The third kappa shape index (κ3) is 17.6. The number of amides is 2. The fourth-order valence-corrected chi connectivity index (χ4v) is 13.0. The first-order chi connectivity index (χ1) is 45.7. The quantitative estimate of drug-likeness (QED) is 0.0257. The minimum atomic E-state index is -0.851. The molecule has 2 unspecified atom stereocenters. The average Bonchev–Trinajstić information content (AvgIpc) is 0.978. The zero-order valence-corrected chi connectivity index (χ0v) is 56.0. The van der Waals surface area contributed by atoms with Gasteiger partial charge in [-0.3, -0.25) is 9.59 Å². The molecular weight excluding hydrogens is 1200 g/mol. The van der Waals surface area contributed by atoms with Gasteiger partial charge in [0.1, 0.15) is 35.8 Å². The lowest BCUT2D eigenvalue weighted by Crippen LogP contribution is -2.50. The van der Waals surface area contributed by atoms with Crippen LogP contribution in [0.15, 0.2) is 109 Å². The standard InChI is InChI=1S/C75H94N2O17/c1-10-60(54-37-48(3)70(89-8)68(43-54)87-6)72(81)76-33-14-12-23-62(76)74(83)94-65(31-27-50-28-32-66(85-4)67(39-50)86-5)52-20-17-22-59(42-52)92-36-18-35-91-58-21-16-19-51(41-58)64(30-26-49-25-29-53(45-78)56(38-49)46-79)93-75(84)63-24-13-15-34-77(63)73(82)61(11-2)55-40-57(47-80)71(90-9)69(44-55)88-7/h16-17,19-22,25,28-29,32,37-44,60-65,78-80H,10-15,18,23-24,26-27,30-31,33-36,45-47H2,1-9H3/t60-,61-,62?,63?,64+,65+/m0/s1. The molecule has 19 heteroatoms. The summed E-state index contributed by atoms with van der Waals surface area (Å²) in [4.78, 5) is 62.0. The molecule has 2 aliphatic heterocycles. The van der Waals surface area contributed by atoms with Crippen LogP contribution in [0.2, 0.25) is 0 Å². The number of likely N-dealkylation sites (tertiary alicyclic amines) is 2. The highest BCUT2D eigenvalue weighted by atomic mass is 16.6. The largest absolute Gasteiger partial charge is 0.493 e. The lowest BCUT2D eigenvalue weighted by molar-refractivity contribution is -0.162. The number of aryl methyl sites for hydroxylation is 3. The van der Waals surface area contributed by atoms with E-state index in [0.717, 1.165) is 47.1 Å². The van der Waals surface area contributed by atoms with Gasteiger partial charge in [0.25, 0.3) is 0 Å². The summed E-state index contributed by atoms with van der Waals surface area (Å²) >= 11 is 0. The highest BCUT2D eigenvalue weighted by molar-refractivity contribution is 5.90. The average molecular weight is 1300 g/mol. The van der Waals surface area contributed by atoms with Crippen LogP contribution in [0.5, 0.6) is 46.0 Å². The van der Waals surface area contributed by atoms with Crippen molar-refractivity contribution in [3.8, 4) is 46.0 Å². The fraction of sp³-hybridized carbons (Fsp3) is 0.467. The third-order valence-corrected chi connectivity index (χ3v) is 18.0. The highest BCUT2D eigenvalue weighted by Gasteiger charge is 2.40. The van der Waals surface area contributed by atoms with Crippen LogP contribution in [0.3, 0.4) is 0 Å². The maximum absolute atomic E-state index is 14.7. The van der Waals surface area contributed by atoms with Crippen molar-refractivity contribution in [1.29, 1.82) is 0 Å². The molecule has 0 radical (unpaired) electrons. The predicted molar refractivity (Wildman–Crippen MR) is 355 cm³/mol. The van der Waals surface area contributed by atoms with Crippen molar-refractivity contribution in [2.45, 2.75) is 160 Å². The fourth-order valence-electron chi connectivity index (χ4n) is 13.0. The molecule has 8 rings (SSSR count). The summed E-state index contributed by atoms with van der Waals surface area (Å²) in [6.45, 7) is 6.36. The van der Waals surface area contributed by atoms with Gasteiger partial charge in [-0.1, -0.05) is 68.4 Å². The number of aliphatic hydroxyl groups excluding tert-OH is 3. The van der Waals surface area contributed by atoms with Crippen LogP contribution >= 0.6 is 0 Å². The lowest BCUT2D eigenvalue weighted by Gasteiger charge is -2.37. The van der Waals surface area contributed by atoms with E-state index in [-0.39, 0.29) is 44.8 Å². The Balaban J connectivity index is 0.962. The van der Waals surface area contributed by atoms with E-state index in [1.807, 2.05) is 112 Å². The van der Waals surface area contributed by atoms with Crippen LogP contribution in [-0.4, -0.2) is 130 Å². The predicted octanol–water partition coefficient (Wildman–Crippen LogP) is 12.0. The maximum Gasteiger partial charge on any atom is 0.329 e. The van der Waals surface area contributed by atoms with Gasteiger partial charge in [0.15, 0.2) is 34.5 Å². The molecule has 0 bridgehead atoms. The van der Waals surface area contributed by atoms with E-state index < -0.39 is 48.1 Å². The summed E-state index contributed by atoms with van der Waals surface area (Å²) < 4.78 is 59.3. The van der Waals surface area contributed by atoms with E-state index in [0.29, 0.717) is 151 Å². The SMILES string of the molecule is CC[C@H](C(=O)N1CCCCC1C(=O)O[C@H](CCc1ccc(OC)c(OC)c1)c1cccc(OCCCOc2cccc([C@@H](CCc3ccc(CO)c(CO)c3)OC(=O)C3CCCCN3C(=O)[C@@H](CC)c3cc(CO)c(OC)c(OC)c3)c2)c1)c1cc(C)c(OC)c(OC)c1. The molecule has 6 aromatic rings. The molecule has 0 saturated carbocycles. The summed E-state index contributed by atoms with van der Waals surface area (Å²) in [6.07, 6.45) is 5.55. The molecule has 0 aliphatic carbocycles.